The minimum atomic E-state index is -0.466. The molecule has 0 atom stereocenters. The Bertz CT molecular complexity index is 1120. The number of benzene rings is 1. The van der Waals surface area contributed by atoms with Crippen LogP contribution in [0.25, 0.3) is 0 Å². The van der Waals surface area contributed by atoms with Crippen molar-refractivity contribution in [2.24, 2.45) is 7.05 Å². The Labute approximate surface area is 193 Å². The van der Waals surface area contributed by atoms with Crippen molar-refractivity contribution in [3.63, 3.8) is 0 Å². The molecule has 10 nitrogen and oxygen atoms in total. The third-order valence-electron chi connectivity index (χ3n) is 5.22. The maximum Gasteiger partial charge on any atom is 0.284 e. The van der Waals surface area contributed by atoms with Gasteiger partial charge in [0.25, 0.3) is 11.6 Å². The Hall–Kier alpha value is -2.83. The van der Waals surface area contributed by atoms with Gasteiger partial charge in [-0.15, -0.1) is 21.5 Å². The summed E-state index contributed by atoms with van der Waals surface area (Å²) < 4.78 is 1.68. The molecule has 0 radical (unpaired) electrons. The van der Waals surface area contributed by atoms with Crippen molar-refractivity contribution >= 4 is 34.7 Å². The average molecular weight is 474 g/mol. The Morgan fingerprint density at radius 3 is 2.69 bits per heavy atom. The lowest BCUT2D eigenvalue weighted by Gasteiger charge is -2.34. The Balaban J connectivity index is 1.41. The summed E-state index contributed by atoms with van der Waals surface area (Å²) in [5.74, 6) is -0.190. The zero-order valence-corrected chi connectivity index (χ0v) is 19.4. The van der Waals surface area contributed by atoms with Crippen molar-refractivity contribution in [3.05, 3.63) is 56.3 Å². The van der Waals surface area contributed by atoms with Gasteiger partial charge in [0, 0.05) is 56.8 Å². The molecule has 32 heavy (non-hydrogen) atoms. The van der Waals surface area contributed by atoms with Crippen LogP contribution < -0.4 is 0 Å². The summed E-state index contributed by atoms with van der Waals surface area (Å²) in [6.45, 7) is 5.51. The van der Waals surface area contributed by atoms with Crippen LogP contribution in [-0.2, 0) is 20.0 Å². The molecular weight excluding hydrogens is 450 g/mol. The van der Waals surface area contributed by atoms with Crippen LogP contribution in [0, 0.1) is 10.1 Å². The number of piperazine rings is 1. The summed E-state index contributed by atoms with van der Waals surface area (Å²) in [6.07, 6.45) is 2.47. The normalized spacial score (nSPS) is 14.6. The second kappa shape index (κ2) is 9.76. The smallest absolute Gasteiger partial charge is 0.284 e. The first-order valence-electron chi connectivity index (χ1n) is 10.2. The summed E-state index contributed by atoms with van der Waals surface area (Å²) in [6, 6.07) is 4.60. The number of amides is 1. The van der Waals surface area contributed by atoms with E-state index in [4.69, 9.17) is 0 Å². The van der Waals surface area contributed by atoms with Crippen molar-refractivity contribution in [2.45, 2.75) is 29.9 Å². The summed E-state index contributed by atoms with van der Waals surface area (Å²) in [4.78, 5) is 33.2. The van der Waals surface area contributed by atoms with Gasteiger partial charge in [-0.2, -0.15) is 0 Å². The summed E-state index contributed by atoms with van der Waals surface area (Å²) in [5, 5.41) is 23.2. The van der Waals surface area contributed by atoms with Crippen molar-refractivity contribution < 1.29 is 9.72 Å². The lowest BCUT2D eigenvalue weighted by atomic mass is 10.1. The van der Waals surface area contributed by atoms with E-state index in [1.54, 1.807) is 40.0 Å². The highest BCUT2D eigenvalue weighted by Crippen LogP contribution is 2.34. The number of hydrogen-bond acceptors (Lipinski definition) is 9. The first kappa shape index (κ1) is 22.4. The molecule has 1 aliphatic rings. The van der Waals surface area contributed by atoms with Crippen LogP contribution in [0.1, 0.15) is 28.0 Å². The number of nitro groups is 1. The topological polar surface area (TPSA) is 110 Å². The molecular formula is C20H23N7O3S2. The summed E-state index contributed by atoms with van der Waals surface area (Å²) >= 11 is 2.83. The third kappa shape index (κ3) is 4.97. The van der Waals surface area contributed by atoms with E-state index in [9.17, 15) is 14.9 Å². The van der Waals surface area contributed by atoms with E-state index in [2.05, 4.69) is 32.4 Å². The largest absolute Gasteiger partial charge is 0.336 e. The van der Waals surface area contributed by atoms with Crippen LogP contribution in [0.5, 0.6) is 0 Å². The van der Waals surface area contributed by atoms with Gasteiger partial charge >= 0.3 is 0 Å². The van der Waals surface area contributed by atoms with E-state index in [-0.39, 0.29) is 11.6 Å². The highest BCUT2D eigenvalue weighted by Gasteiger charge is 2.25. The van der Waals surface area contributed by atoms with Gasteiger partial charge in [-0.3, -0.25) is 19.8 Å². The number of carbonyl (C=O) groups excluding carboxylic acids is 1. The minimum Gasteiger partial charge on any atom is -0.336 e. The molecule has 0 bridgehead atoms. The number of nitrogens with zero attached hydrogens (tertiary/aromatic N) is 7. The number of aromatic nitrogens is 4. The Kier molecular flexibility index (Phi) is 6.82. The fourth-order valence-electron chi connectivity index (χ4n) is 3.45. The molecule has 168 valence electrons. The zero-order chi connectivity index (χ0) is 22.7. The molecule has 1 saturated heterocycles. The lowest BCUT2D eigenvalue weighted by Crippen LogP contribution is -2.48. The van der Waals surface area contributed by atoms with Gasteiger partial charge in [0.15, 0.2) is 5.16 Å². The molecule has 1 fully saturated rings. The first-order chi connectivity index (χ1) is 15.4. The molecule has 0 saturated carbocycles. The van der Waals surface area contributed by atoms with E-state index < -0.39 is 4.92 Å². The fraction of sp³-hybridized carbons (Fsp3) is 0.400. The Morgan fingerprint density at radius 1 is 1.28 bits per heavy atom. The predicted octanol–water partition coefficient (Wildman–Crippen LogP) is 2.85. The third-order valence-corrected chi connectivity index (χ3v) is 7.38. The first-order valence-corrected chi connectivity index (χ1v) is 11.9. The number of hydrogen-bond donors (Lipinski definition) is 0. The number of nitro benzene ring substituents is 1. The molecule has 3 aromatic rings. The van der Waals surface area contributed by atoms with Gasteiger partial charge in [0.2, 0.25) is 0 Å². The van der Waals surface area contributed by atoms with Gasteiger partial charge in [-0.25, -0.2) is 4.98 Å². The van der Waals surface area contributed by atoms with Crippen LogP contribution in [0.3, 0.4) is 0 Å². The minimum absolute atomic E-state index is 0.113. The van der Waals surface area contributed by atoms with Crippen molar-refractivity contribution in [1.82, 2.24) is 29.5 Å². The summed E-state index contributed by atoms with van der Waals surface area (Å²) in [7, 11) is 1.77. The van der Waals surface area contributed by atoms with E-state index in [1.807, 2.05) is 0 Å². The zero-order valence-electron chi connectivity index (χ0n) is 17.8. The monoisotopic (exact) mass is 473 g/mol. The van der Waals surface area contributed by atoms with E-state index in [0.717, 1.165) is 48.5 Å². The number of carbonyl (C=O) groups is 1. The molecule has 4 rings (SSSR count). The van der Waals surface area contributed by atoms with Gasteiger partial charge < -0.3 is 9.47 Å². The molecule has 0 N–H and O–H groups in total. The van der Waals surface area contributed by atoms with Gasteiger partial charge in [-0.1, -0.05) is 6.92 Å². The molecule has 0 aliphatic carbocycles. The molecule has 1 amide bonds. The van der Waals surface area contributed by atoms with Crippen LogP contribution >= 0.6 is 23.1 Å². The second-order valence-corrected chi connectivity index (χ2v) is 9.37. The molecule has 1 aromatic carbocycles. The van der Waals surface area contributed by atoms with Crippen LogP contribution in [0.2, 0.25) is 0 Å². The van der Waals surface area contributed by atoms with Crippen LogP contribution in [0.15, 0.2) is 40.0 Å². The standard InChI is InChI=1S/C20H23N7O3S2/c1-3-18-22-15(12-31-18)11-25-6-8-26(9-7-25)19(28)14-4-5-17(16(10-14)27(29)30)32-20-23-21-13-24(20)2/h4-5,10,12-13H,3,6-9,11H2,1-2H3. The van der Waals surface area contributed by atoms with Crippen LogP contribution in [0.4, 0.5) is 5.69 Å². The highest BCUT2D eigenvalue weighted by molar-refractivity contribution is 7.99. The lowest BCUT2D eigenvalue weighted by molar-refractivity contribution is -0.387. The van der Waals surface area contributed by atoms with Crippen molar-refractivity contribution in [3.8, 4) is 0 Å². The second-order valence-electron chi connectivity index (χ2n) is 7.42. The van der Waals surface area contributed by atoms with Crippen LogP contribution in [-0.4, -0.2) is 66.6 Å². The van der Waals surface area contributed by atoms with Gasteiger partial charge in [0.05, 0.1) is 20.5 Å². The Morgan fingerprint density at radius 2 is 2.06 bits per heavy atom. The maximum atomic E-state index is 13.0. The number of aryl methyl sites for hydroxylation is 2. The van der Waals surface area contributed by atoms with E-state index in [1.165, 1.54) is 12.4 Å². The average Bonchev–Trinajstić information content (AvgIpc) is 3.42. The number of rotatable bonds is 7. The SMILES string of the molecule is CCc1nc(CN2CCN(C(=O)c3ccc(Sc4nncn4C)c([N+](=O)[O-])c3)CC2)cs1. The molecule has 12 heteroatoms. The molecule has 2 aromatic heterocycles. The fourth-order valence-corrected chi connectivity index (χ4v) is 5.03. The number of thiazole rings is 1. The van der Waals surface area contributed by atoms with Gasteiger partial charge in [0.1, 0.15) is 6.33 Å². The van der Waals surface area contributed by atoms with Gasteiger partial charge in [-0.05, 0) is 30.3 Å². The highest BCUT2D eigenvalue weighted by atomic mass is 32.2. The van der Waals surface area contributed by atoms with Crippen molar-refractivity contribution in [1.29, 1.82) is 0 Å². The molecule has 1 aliphatic heterocycles. The van der Waals surface area contributed by atoms with E-state index >= 15 is 0 Å². The molecule has 3 heterocycles. The maximum absolute atomic E-state index is 13.0. The quantitative estimate of drug-likeness (QED) is 0.381. The molecule has 0 spiro atoms. The molecule has 0 unspecified atom stereocenters. The predicted molar refractivity (Wildman–Crippen MR) is 121 cm³/mol. The summed E-state index contributed by atoms with van der Waals surface area (Å²) in [5.41, 5.74) is 1.27. The van der Waals surface area contributed by atoms with Crippen molar-refractivity contribution in [2.75, 3.05) is 26.2 Å². The van der Waals surface area contributed by atoms with E-state index in [0.29, 0.717) is 28.7 Å².